The molecule has 0 N–H and O–H groups in total. The molecule has 0 aliphatic carbocycles. The Kier molecular flexibility index (Phi) is 3.36. The Morgan fingerprint density at radius 3 is 3.06 bits per heavy atom. The average Bonchev–Trinajstić information content (AvgIpc) is 2.29. The maximum Gasteiger partial charge on any atom is 0.276 e. The molecule has 2 rings (SSSR count). The van der Waals surface area contributed by atoms with Gasteiger partial charge in [0.2, 0.25) is 0 Å². The number of nitrogens with zero attached hydrogens (tertiary/aromatic N) is 2. The Balaban J connectivity index is 2.55. The van der Waals surface area contributed by atoms with Crippen LogP contribution in [0.3, 0.4) is 0 Å². The van der Waals surface area contributed by atoms with Gasteiger partial charge in [-0.3, -0.25) is 4.79 Å². The largest absolute Gasteiger partial charge is 0.359 e. The Morgan fingerprint density at radius 2 is 2.31 bits per heavy atom. The molecule has 84 valence electrons. The lowest BCUT2D eigenvalue weighted by molar-refractivity contribution is 0.0760. The molecular weight excluding hydrogens is 272 g/mol. The Morgan fingerprint density at radius 1 is 1.50 bits per heavy atom. The van der Waals surface area contributed by atoms with Crippen LogP contribution < -0.4 is 5.56 Å². The van der Waals surface area contributed by atoms with Gasteiger partial charge in [-0.2, -0.15) is 5.10 Å². The van der Waals surface area contributed by atoms with Crippen LogP contribution in [0.1, 0.15) is 6.92 Å². The fraction of sp³-hybridized carbons (Fsp3) is 0.273. The molecule has 0 atom stereocenters. The summed E-state index contributed by atoms with van der Waals surface area (Å²) in [7, 11) is 0. The summed E-state index contributed by atoms with van der Waals surface area (Å²) >= 11 is 3.34. The van der Waals surface area contributed by atoms with Crippen molar-refractivity contribution in [1.29, 1.82) is 0 Å². The fourth-order valence-corrected chi connectivity index (χ4v) is 1.78. The fourth-order valence-electron chi connectivity index (χ4n) is 1.42. The Labute approximate surface area is 101 Å². The molecule has 1 aromatic heterocycles. The lowest BCUT2D eigenvalue weighted by Gasteiger charge is -2.05. The van der Waals surface area contributed by atoms with Crippen LogP contribution in [0.4, 0.5) is 0 Å². The van der Waals surface area contributed by atoms with E-state index in [9.17, 15) is 4.79 Å². The van der Waals surface area contributed by atoms with Crippen LogP contribution in [0, 0.1) is 0 Å². The van der Waals surface area contributed by atoms with Crippen LogP contribution in [0.15, 0.2) is 33.7 Å². The molecular formula is C11H11BrN2O2. The molecule has 0 fully saturated rings. The number of fused-ring (bicyclic) bond motifs is 1. The third-order valence-electron chi connectivity index (χ3n) is 2.23. The summed E-state index contributed by atoms with van der Waals surface area (Å²) in [5.74, 6) is 0. The summed E-state index contributed by atoms with van der Waals surface area (Å²) in [6, 6.07) is 5.54. The van der Waals surface area contributed by atoms with Crippen molar-refractivity contribution in [2.45, 2.75) is 13.7 Å². The van der Waals surface area contributed by atoms with Crippen LogP contribution >= 0.6 is 15.9 Å². The summed E-state index contributed by atoms with van der Waals surface area (Å²) < 4.78 is 7.37. The van der Waals surface area contributed by atoms with E-state index in [-0.39, 0.29) is 12.3 Å². The van der Waals surface area contributed by atoms with Gasteiger partial charge in [0.05, 0.1) is 11.6 Å². The van der Waals surface area contributed by atoms with Gasteiger partial charge in [0.25, 0.3) is 5.56 Å². The van der Waals surface area contributed by atoms with Gasteiger partial charge in [-0.15, -0.1) is 0 Å². The highest BCUT2D eigenvalue weighted by Crippen LogP contribution is 2.15. The third-order valence-corrected chi connectivity index (χ3v) is 2.73. The van der Waals surface area contributed by atoms with E-state index in [1.807, 2.05) is 19.1 Å². The van der Waals surface area contributed by atoms with E-state index in [0.717, 1.165) is 9.86 Å². The molecule has 5 heteroatoms. The molecule has 4 nitrogen and oxygen atoms in total. The van der Waals surface area contributed by atoms with Crippen molar-refractivity contribution >= 4 is 26.7 Å². The minimum Gasteiger partial charge on any atom is -0.359 e. The van der Waals surface area contributed by atoms with Gasteiger partial charge in [0.15, 0.2) is 0 Å². The lowest BCUT2D eigenvalue weighted by atomic mass is 10.2. The summed E-state index contributed by atoms with van der Waals surface area (Å²) in [5, 5.41) is 5.51. The van der Waals surface area contributed by atoms with Crippen molar-refractivity contribution in [2.75, 3.05) is 6.61 Å². The molecule has 0 spiro atoms. The van der Waals surface area contributed by atoms with E-state index < -0.39 is 0 Å². The number of benzene rings is 1. The smallest absolute Gasteiger partial charge is 0.276 e. The van der Waals surface area contributed by atoms with E-state index in [1.54, 1.807) is 12.3 Å². The molecule has 0 bridgehead atoms. The molecule has 0 aliphatic heterocycles. The highest BCUT2D eigenvalue weighted by molar-refractivity contribution is 9.10. The quantitative estimate of drug-likeness (QED) is 0.867. The molecule has 0 unspecified atom stereocenters. The van der Waals surface area contributed by atoms with E-state index >= 15 is 0 Å². The molecule has 0 saturated carbocycles. The molecule has 1 aromatic carbocycles. The van der Waals surface area contributed by atoms with Gasteiger partial charge >= 0.3 is 0 Å². The zero-order valence-electron chi connectivity index (χ0n) is 8.81. The van der Waals surface area contributed by atoms with Gasteiger partial charge in [-0.25, -0.2) is 4.68 Å². The second-order valence-electron chi connectivity index (χ2n) is 3.30. The summed E-state index contributed by atoms with van der Waals surface area (Å²) in [6.07, 6.45) is 1.67. The van der Waals surface area contributed by atoms with E-state index in [1.165, 1.54) is 4.68 Å². The third kappa shape index (κ3) is 2.15. The average molecular weight is 283 g/mol. The molecule has 0 saturated heterocycles. The summed E-state index contributed by atoms with van der Waals surface area (Å²) in [4.78, 5) is 12.0. The number of hydrogen-bond acceptors (Lipinski definition) is 3. The van der Waals surface area contributed by atoms with Crippen LogP contribution in [0.25, 0.3) is 10.8 Å². The van der Waals surface area contributed by atoms with Gasteiger partial charge < -0.3 is 4.74 Å². The number of aromatic nitrogens is 2. The Bertz CT molecular complexity index is 565. The van der Waals surface area contributed by atoms with Crippen molar-refractivity contribution in [3.05, 3.63) is 39.2 Å². The number of hydrogen-bond donors (Lipinski definition) is 0. The predicted molar refractivity (Wildman–Crippen MR) is 65.3 cm³/mol. The molecule has 0 amide bonds. The van der Waals surface area contributed by atoms with Gasteiger partial charge in [-0.1, -0.05) is 22.0 Å². The molecule has 2 aromatic rings. The SMILES string of the molecule is CCOCn1ncc2ccc(Br)cc2c1=O. The summed E-state index contributed by atoms with van der Waals surface area (Å²) in [5.41, 5.74) is -0.132. The molecule has 1 heterocycles. The summed E-state index contributed by atoms with van der Waals surface area (Å²) in [6.45, 7) is 2.63. The zero-order chi connectivity index (χ0) is 11.5. The lowest BCUT2D eigenvalue weighted by Crippen LogP contribution is -2.23. The first-order valence-corrected chi connectivity index (χ1v) is 5.75. The normalized spacial score (nSPS) is 10.9. The van der Waals surface area contributed by atoms with Gasteiger partial charge in [0.1, 0.15) is 6.73 Å². The second-order valence-corrected chi connectivity index (χ2v) is 4.22. The molecule has 0 radical (unpaired) electrons. The number of ether oxygens (including phenoxy) is 1. The number of rotatable bonds is 3. The van der Waals surface area contributed by atoms with Crippen LogP contribution in [-0.2, 0) is 11.5 Å². The van der Waals surface area contributed by atoms with Crippen molar-refractivity contribution in [2.24, 2.45) is 0 Å². The van der Waals surface area contributed by atoms with Crippen molar-refractivity contribution < 1.29 is 4.74 Å². The highest BCUT2D eigenvalue weighted by Gasteiger charge is 2.04. The van der Waals surface area contributed by atoms with Gasteiger partial charge in [0, 0.05) is 16.5 Å². The van der Waals surface area contributed by atoms with E-state index in [4.69, 9.17) is 4.74 Å². The van der Waals surface area contributed by atoms with Crippen LogP contribution in [0.2, 0.25) is 0 Å². The first-order valence-electron chi connectivity index (χ1n) is 4.95. The highest BCUT2D eigenvalue weighted by atomic mass is 79.9. The molecule has 0 aliphatic rings. The topological polar surface area (TPSA) is 44.1 Å². The van der Waals surface area contributed by atoms with Crippen molar-refractivity contribution in [3.8, 4) is 0 Å². The second kappa shape index (κ2) is 4.76. The van der Waals surface area contributed by atoms with Crippen LogP contribution in [-0.4, -0.2) is 16.4 Å². The first kappa shape index (κ1) is 11.3. The minimum absolute atomic E-state index is 0.132. The maximum atomic E-state index is 12.0. The zero-order valence-corrected chi connectivity index (χ0v) is 10.4. The van der Waals surface area contributed by atoms with Crippen LogP contribution in [0.5, 0.6) is 0 Å². The van der Waals surface area contributed by atoms with Crippen molar-refractivity contribution in [3.63, 3.8) is 0 Å². The first-order chi connectivity index (χ1) is 7.72. The van der Waals surface area contributed by atoms with Crippen molar-refractivity contribution in [1.82, 2.24) is 9.78 Å². The number of halogens is 1. The molecule has 16 heavy (non-hydrogen) atoms. The van der Waals surface area contributed by atoms with Gasteiger partial charge in [-0.05, 0) is 19.1 Å². The predicted octanol–water partition coefficient (Wildman–Crippen LogP) is 2.15. The maximum absolute atomic E-state index is 12.0. The van der Waals surface area contributed by atoms with E-state index in [0.29, 0.717) is 12.0 Å². The Hall–Kier alpha value is -1.20. The van der Waals surface area contributed by atoms with E-state index in [2.05, 4.69) is 21.0 Å². The minimum atomic E-state index is -0.132. The standard InChI is InChI=1S/C11H11BrN2O2/c1-2-16-7-14-11(15)10-5-9(12)4-3-8(10)6-13-14/h3-6H,2,7H2,1H3. The monoisotopic (exact) mass is 282 g/mol.